The summed E-state index contributed by atoms with van der Waals surface area (Å²) in [7, 11) is -1.10. The van der Waals surface area contributed by atoms with Gasteiger partial charge >= 0.3 is 0 Å². The fourth-order valence-electron chi connectivity index (χ4n) is 2.21. The first-order valence-corrected chi connectivity index (χ1v) is 12.2. The summed E-state index contributed by atoms with van der Waals surface area (Å²) < 4.78 is 20.8. The van der Waals surface area contributed by atoms with Crippen molar-refractivity contribution in [1.82, 2.24) is 9.62 Å². The second-order valence-corrected chi connectivity index (χ2v) is 15.0. The number of nitrogens with zero attached hydrogens (tertiary/aromatic N) is 2. The van der Waals surface area contributed by atoms with Crippen molar-refractivity contribution in [3.05, 3.63) is 29.3 Å². The van der Waals surface area contributed by atoms with Crippen LogP contribution in [0.15, 0.2) is 27.1 Å². The summed E-state index contributed by atoms with van der Waals surface area (Å²) in [5.41, 5.74) is 1.52. The van der Waals surface area contributed by atoms with Gasteiger partial charge < -0.3 is 4.90 Å². The fraction of sp³-hybridized carbons (Fsp3) is 0.562. The van der Waals surface area contributed by atoms with E-state index in [0.29, 0.717) is 10.5 Å². The second kappa shape index (κ2) is 5.72. The summed E-state index contributed by atoms with van der Waals surface area (Å²) in [4.78, 5) is 14.8. The summed E-state index contributed by atoms with van der Waals surface area (Å²) in [5, 5.41) is -0.0356. The summed E-state index contributed by atoms with van der Waals surface area (Å²) in [6.45, 7) is 11.3. The first kappa shape index (κ1) is 18.2. The number of nitrogens with one attached hydrogen (secondary N) is 1. The van der Waals surface area contributed by atoms with E-state index in [9.17, 15) is 9.00 Å². The van der Waals surface area contributed by atoms with Gasteiger partial charge in [-0.25, -0.2) is 4.21 Å². The molecule has 1 amide bonds. The van der Waals surface area contributed by atoms with Crippen molar-refractivity contribution in [3.8, 4) is 0 Å². The molecule has 1 aliphatic rings. The Morgan fingerprint density at radius 2 is 1.87 bits per heavy atom. The van der Waals surface area contributed by atoms with Crippen molar-refractivity contribution < 1.29 is 9.00 Å². The molecule has 1 N–H and O–H groups in total. The quantitative estimate of drug-likeness (QED) is 0.849. The van der Waals surface area contributed by atoms with E-state index in [4.69, 9.17) is 4.03 Å². The van der Waals surface area contributed by atoms with Crippen LogP contribution in [0.5, 0.6) is 0 Å². The molecule has 0 saturated carbocycles. The molecule has 5 nitrogen and oxygen atoms in total. The van der Waals surface area contributed by atoms with Crippen LogP contribution in [-0.2, 0) is 16.5 Å². The van der Waals surface area contributed by atoms with Crippen LogP contribution < -0.4 is 4.72 Å². The number of hydrogen-bond acceptors (Lipinski definition) is 4. The highest BCUT2D eigenvalue weighted by atomic mass is 32.2. The van der Waals surface area contributed by atoms with Gasteiger partial charge in [0.15, 0.2) is 18.2 Å². The van der Waals surface area contributed by atoms with E-state index in [1.807, 2.05) is 31.1 Å². The van der Waals surface area contributed by atoms with Crippen LogP contribution in [0.1, 0.15) is 36.7 Å². The van der Waals surface area contributed by atoms with Gasteiger partial charge in [-0.05, 0) is 49.9 Å². The van der Waals surface area contributed by atoms with Crippen molar-refractivity contribution >= 4 is 24.1 Å². The lowest BCUT2D eigenvalue weighted by Gasteiger charge is -2.32. The normalized spacial score (nSPS) is 21.3. The number of benzene rings is 1. The summed E-state index contributed by atoms with van der Waals surface area (Å²) in [6.07, 6.45) is 0. The third-order valence-electron chi connectivity index (χ3n) is 4.51. The average Bonchev–Trinajstić information content (AvgIpc) is 2.58. The average molecular weight is 354 g/mol. The highest BCUT2D eigenvalue weighted by Gasteiger charge is 2.40. The summed E-state index contributed by atoms with van der Waals surface area (Å²) >= 11 is 0. The molecule has 0 saturated heterocycles. The number of fused-ring (bicyclic) bond motifs is 1. The van der Waals surface area contributed by atoms with Crippen molar-refractivity contribution in [2.24, 2.45) is 4.03 Å². The Balaban J connectivity index is 2.61. The fourth-order valence-corrected chi connectivity index (χ4v) is 7.70. The minimum Gasteiger partial charge on any atom is -0.305 e. The van der Waals surface area contributed by atoms with Gasteiger partial charge in [0, 0.05) is 6.54 Å². The van der Waals surface area contributed by atoms with Crippen molar-refractivity contribution in [2.75, 3.05) is 14.1 Å². The second-order valence-electron chi connectivity index (χ2n) is 7.93. The van der Waals surface area contributed by atoms with Crippen LogP contribution in [0.25, 0.3) is 0 Å². The molecule has 23 heavy (non-hydrogen) atoms. The molecule has 7 heteroatoms. The molecule has 1 unspecified atom stereocenters. The lowest BCUT2D eigenvalue weighted by molar-refractivity contribution is 0.0985. The highest BCUT2D eigenvalue weighted by Crippen LogP contribution is 2.39. The number of carbonyl (C=O) groups is 1. The van der Waals surface area contributed by atoms with E-state index < -0.39 is 18.2 Å². The maximum Gasteiger partial charge on any atom is 0.265 e. The maximum absolute atomic E-state index is 13.4. The Kier molecular flexibility index (Phi) is 4.51. The van der Waals surface area contributed by atoms with Crippen LogP contribution >= 0.6 is 0 Å². The number of amides is 1. The van der Waals surface area contributed by atoms with Gasteiger partial charge in [0.05, 0.1) is 10.5 Å². The van der Waals surface area contributed by atoms with Gasteiger partial charge in [-0.3, -0.25) is 13.5 Å². The van der Waals surface area contributed by atoms with Gasteiger partial charge in [0.25, 0.3) is 5.91 Å². The van der Waals surface area contributed by atoms with Gasteiger partial charge in [-0.15, -0.1) is 0 Å². The lowest BCUT2D eigenvalue weighted by Crippen LogP contribution is -2.38. The van der Waals surface area contributed by atoms with Crippen LogP contribution in [0, 0.1) is 0 Å². The van der Waals surface area contributed by atoms with E-state index in [2.05, 4.69) is 38.6 Å². The SMILES string of the molecule is CN(C)Cc1ccc2c(c1)S(=O)(=N[Si](C)(C)C(C)(C)C)NC2=O. The van der Waals surface area contributed by atoms with E-state index >= 15 is 0 Å². The Hall–Kier alpha value is -1.18. The number of rotatable bonds is 3. The smallest absolute Gasteiger partial charge is 0.265 e. The zero-order chi connectivity index (χ0) is 17.6. The van der Waals surface area contributed by atoms with Gasteiger partial charge in [0.1, 0.15) is 0 Å². The van der Waals surface area contributed by atoms with Crippen molar-refractivity contribution in [1.29, 1.82) is 0 Å². The Labute approximate surface area is 140 Å². The van der Waals surface area contributed by atoms with Crippen LogP contribution in [0.4, 0.5) is 0 Å². The molecule has 0 spiro atoms. The Bertz CT molecular complexity index is 757. The highest BCUT2D eigenvalue weighted by molar-refractivity contribution is 7.93. The van der Waals surface area contributed by atoms with E-state index in [0.717, 1.165) is 12.1 Å². The topological polar surface area (TPSA) is 61.8 Å². The maximum atomic E-state index is 13.4. The zero-order valence-electron chi connectivity index (χ0n) is 15.1. The van der Waals surface area contributed by atoms with Crippen LogP contribution in [0.3, 0.4) is 0 Å². The monoisotopic (exact) mass is 353 g/mol. The molecule has 2 rings (SSSR count). The molecule has 1 aromatic rings. The number of carbonyl (C=O) groups excluding carboxylic acids is 1. The first-order chi connectivity index (χ1) is 10.4. The molecule has 1 aromatic carbocycles. The minimum atomic E-state index is -2.89. The van der Waals surface area contributed by atoms with Crippen molar-refractivity contribution in [2.45, 2.75) is 50.3 Å². The molecular weight excluding hydrogens is 326 g/mol. The Morgan fingerprint density at radius 3 is 2.39 bits per heavy atom. The standard InChI is InChI=1S/C16H27N3O2SSi/c1-16(2,3)23(6,7)18-22(21)14-10-12(11-19(4)5)8-9-13(14)15(20)17-22/h8-10H,11H2,1-7H3,(H,17,18,20,21). The zero-order valence-corrected chi connectivity index (χ0v) is 16.9. The van der Waals surface area contributed by atoms with E-state index in [1.165, 1.54) is 0 Å². The predicted molar refractivity (Wildman–Crippen MR) is 97.3 cm³/mol. The van der Waals surface area contributed by atoms with Gasteiger partial charge in [-0.2, -0.15) is 0 Å². The number of hydrogen-bond donors (Lipinski definition) is 1. The van der Waals surface area contributed by atoms with E-state index in [-0.39, 0.29) is 10.9 Å². The largest absolute Gasteiger partial charge is 0.305 e. The lowest BCUT2D eigenvalue weighted by atomic mass is 10.1. The molecule has 0 aliphatic carbocycles. The molecule has 0 fully saturated rings. The van der Waals surface area contributed by atoms with E-state index in [1.54, 1.807) is 6.07 Å². The predicted octanol–water partition coefficient (Wildman–Crippen LogP) is 3.24. The summed E-state index contributed by atoms with van der Waals surface area (Å²) in [5.74, 6) is -0.288. The van der Waals surface area contributed by atoms with Gasteiger partial charge in [-0.1, -0.05) is 26.8 Å². The van der Waals surface area contributed by atoms with Crippen LogP contribution in [0.2, 0.25) is 18.1 Å². The molecule has 1 aliphatic heterocycles. The third-order valence-corrected chi connectivity index (χ3v) is 12.4. The Morgan fingerprint density at radius 1 is 1.26 bits per heavy atom. The molecule has 128 valence electrons. The molecule has 0 aromatic heterocycles. The van der Waals surface area contributed by atoms with Crippen molar-refractivity contribution in [3.63, 3.8) is 0 Å². The first-order valence-electron chi connectivity index (χ1n) is 7.74. The molecule has 1 atom stereocenters. The molecule has 1 heterocycles. The summed E-state index contributed by atoms with van der Waals surface area (Å²) in [6, 6.07) is 5.54. The third kappa shape index (κ3) is 3.51. The molecule has 0 bridgehead atoms. The molecule has 0 radical (unpaired) electrons. The minimum absolute atomic E-state index is 0.0356. The molecular formula is C16H27N3O2SSi. The van der Waals surface area contributed by atoms with Crippen LogP contribution in [-0.4, -0.2) is 37.3 Å². The van der Waals surface area contributed by atoms with Gasteiger partial charge in [0.2, 0.25) is 0 Å².